The summed E-state index contributed by atoms with van der Waals surface area (Å²) in [6, 6.07) is 14.1. The number of carboxylic acids is 1. The molecule has 0 saturated carbocycles. The molecule has 68 heavy (non-hydrogen) atoms. The van der Waals surface area contributed by atoms with E-state index < -0.39 is 37.0 Å². The number of aliphatic hydroxyl groups excluding tert-OH is 5. The molecule has 390 valence electrons. The van der Waals surface area contributed by atoms with E-state index in [-0.39, 0.29) is 40.8 Å². The van der Waals surface area contributed by atoms with Gasteiger partial charge in [-0.25, -0.2) is 4.79 Å². The number of nitrogens with zero attached hydrogens (tertiary/aromatic N) is 5. The molecule has 21 heteroatoms. The predicted octanol–water partition coefficient (Wildman–Crippen LogP) is 3.02. The number of halogens is 3. The van der Waals surface area contributed by atoms with E-state index in [0.29, 0.717) is 23.1 Å². The number of nitrogens with two attached hydrogens (primary N) is 4. The van der Waals surface area contributed by atoms with E-state index in [4.69, 9.17) is 76.8 Å². The number of aliphatic carboxylic acids is 1. The molecule has 2 rings (SSSR count). The molecule has 0 saturated heterocycles. The van der Waals surface area contributed by atoms with Crippen LogP contribution < -0.4 is 50.5 Å². The molecule has 2 aromatic rings. The van der Waals surface area contributed by atoms with E-state index in [1.165, 1.54) is 96.4 Å². The van der Waals surface area contributed by atoms with Gasteiger partial charge in [0.25, 0.3) is 0 Å². The van der Waals surface area contributed by atoms with E-state index in [9.17, 15) is 4.79 Å². The van der Waals surface area contributed by atoms with Crippen LogP contribution in [0.15, 0.2) is 68.5 Å². The molecule has 0 radical (unpaired) electrons. The lowest BCUT2D eigenvalue weighted by atomic mass is 10.0. The van der Waals surface area contributed by atoms with Gasteiger partial charge in [0.05, 0.1) is 34.3 Å². The van der Waals surface area contributed by atoms with Crippen molar-refractivity contribution in [1.82, 2.24) is 0 Å². The highest BCUT2D eigenvalue weighted by atomic mass is 79.9. The second kappa shape index (κ2) is 41.0. The van der Waals surface area contributed by atoms with Crippen LogP contribution in [0.1, 0.15) is 122 Å². The van der Waals surface area contributed by atoms with Gasteiger partial charge in [0, 0.05) is 34.5 Å². The number of carboxylic acid groups (broad SMARTS) is 1. The van der Waals surface area contributed by atoms with Crippen LogP contribution in [0.2, 0.25) is 10.0 Å². The SMILES string of the molecule is CCCCCCCCCCCCCCCC[N+](C)(C)C.NC(=NCCCCCCN=C(N)N=C(N)Nc1ccc(Cl)cc1)N=C(N)Nc1ccc(Cl)cc1.O=C(O)[C@H](O)[C@@H](O)[C@H](O)[C@H](O)CO.[Br-]. The van der Waals surface area contributed by atoms with Crippen LogP contribution in [0.25, 0.3) is 0 Å². The van der Waals surface area contributed by atoms with Gasteiger partial charge in [-0.1, -0.05) is 120 Å². The third kappa shape index (κ3) is 38.1. The Morgan fingerprint density at radius 2 is 0.926 bits per heavy atom. The standard InChI is InChI=1S/C22H30Cl2N10.C19H42N.C6H12O7.BrH/c23-15-5-9-17(10-6-15)31-21(27)33-19(25)29-13-3-1-2-4-14-30-20(26)34-22(28)32-18-11-7-16(24)8-12-18;1-5-6-7-8-9-10-11-12-13-14-15-16-17-18-19-20(2,3)4;7-1-2(8)3(9)4(10)5(11)6(12)13;/h5-12H,1-4,13-14H2,(H5,25,27,29,31,33)(H5,26,28,30,32,34);5-19H2,1-4H3;2-5,7-11H,1H2,(H,12,13);1H/q;+1;;/p-1/t;;2-,3-,4+,5-;/m..1./s1. The van der Waals surface area contributed by atoms with Crippen molar-refractivity contribution in [3.63, 3.8) is 0 Å². The lowest BCUT2D eigenvalue weighted by molar-refractivity contribution is -0.870. The highest BCUT2D eigenvalue weighted by Crippen LogP contribution is 2.15. The quantitative estimate of drug-likeness (QED) is 0.0242. The normalized spacial score (nSPS) is 14.0. The van der Waals surface area contributed by atoms with Crippen molar-refractivity contribution in [2.75, 3.05) is 58.0 Å². The summed E-state index contributed by atoms with van der Waals surface area (Å²) in [6.45, 7) is 3.91. The minimum absolute atomic E-state index is 0. The Morgan fingerprint density at radius 1 is 0.588 bits per heavy atom. The van der Waals surface area contributed by atoms with Gasteiger partial charge in [0.15, 0.2) is 6.10 Å². The molecule has 0 fully saturated rings. The maximum absolute atomic E-state index is 10.1. The zero-order valence-corrected chi connectivity index (χ0v) is 43.9. The fraction of sp³-hybridized carbons (Fsp3) is 0.638. The number of rotatable bonds is 29. The number of guanidine groups is 4. The molecule has 0 aliphatic rings. The Labute approximate surface area is 425 Å². The Bertz CT molecular complexity index is 1620. The maximum Gasteiger partial charge on any atom is 0.335 e. The molecular weight excluding hydrogens is 981 g/mol. The summed E-state index contributed by atoms with van der Waals surface area (Å²) in [4.78, 5) is 26.6. The number of benzene rings is 2. The third-order valence-electron chi connectivity index (χ3n) is 10.0. The summed E-state index contributed by atoms with van der Waals surface area (Å²) in [5, 5.41) is 58.9. The number of aliphatic hydroxyl groups is 5. The van der Waals surface area contributed by atoms with Gasteiger partial charge in [-0.15, -0.1) is 0 Å². The van der Waals surface area contributed by atoms with Crippen molar-refractivity contribution in [2.45, 2.75) is 147 Å². The summed E-state index contributed by atoms with van der Waals surface area (Å²) < 4.78 is 1.12. The van der Waals surface area contributed by atoms with E-state index in [1.54, 1.807) is 48.5 Å². The van der Waals surface area contributed by atoms with Crippen LogP contribution in [0.5, 0.6) is 0 Å². The fourth-order valence-electron chi connectivity index (χ4n) is 6.15. The van der Waals surface area contributed by atoms with Crippen LogP contribution >= 0.6 is 23.2 Å². The first kappa shape index (κ1) is 66.3. The number of hydrogen-bond acceptors (Lipinski definition) is 8. The monoisotopic (exact) mass is 1060 g/mol. The van der Waals surface area contributed by atoms with E-state index >= 15 is 0 Å². The number of unbranched alkanes of at least 4 members (excludes halogenated alkanes) is 16. The molecule has 18 nitrogen and oxygen atoms in total. The van der Waals surface area contributed by atoms with Gasteiger partial charge < -0.3 is 85.7 Å². The summed E-state index contributed by atoms with van der Waals surface area (Å²) in [5.41, 5.74) is 24.8. The van der Waals surface area contributed by atoms with E-state index in [1.807, 2.05) is 0 Å². The van der Waals surface area contributed by atoms with Crippen LogP contribution in [-0.4, -0.2) is 137 Å². The number of quaternary nitrogens is 1. The molecule has 0 spiro atoms. The molecule has 0 amide bonds. The maximum atomic E-state index is 10.1. The number of aliphatic imine (C=N–C) groups is 4. The molecule has 0 aromatic heterocycles. The van der Waals surface area contributed by atoms with Gasteiger partial charge in [-0.05, 0) is 74.2 Å². The largest absolute Gasteiger partial charge is 1.00 e. The van der Waals surface area contributed by atoms with Crippen LogP contribution in [0.3, 0.4) is 0 Å². The number of anilines is 2. The highest BCUT2D eigenvalue weighted by molar-refractivity contribution is 6.31. The number of hydrogen-bond donors (Lipinski definition) is 12. The van der Waals surface area contributed by atoms with Crippen molar-refractivity contribution in [2.24, 2.45) is 42.9 Å². The van der Waals surface area contributed by atoms with Crippen molar-refractivity contribution < 1.29 is 56.9 Å². The molecule has 0 bridgehead atoms. The summed E-state index contributed by atoms with van der Waals surface area (Å²) in [6.07, 6.45) is 16.2. The number of carbonyl (C=O) groups is 1. The van der Waals surface area contributed by atoms with Crippen molar-refractivity contribution >= 4 is 64.4 Å². The van der Waals surface area contributed by atoms with Crippen molar-refractivity contribution in [1.29, 1.82) is 0 Å². The van der Waals surface area contributed by atoms with Gasteiger partial charge >= 0.3 is 5.97 Å². The minimum Gasteiger partial charge on any atom is -1.00 e. The van der Waals surface area contributed by atoms with Crippen LogP contribution in [-0.2, 0) is 4.79 Å². The van der Waals surface area contributed by atoms with Gasteiger partial charge in [-0.2, -0.15) is 9.98 Å². The van der Waals surface area contributed by atoms with Gasteiger partial charge in [0.1, 0.15) is 18.3 Å². The van der Waals surface area contributed by atoms with E-state index in [2.05, 4.69) is 58.7 Å². The molecule has 0 unspecified atom stereocenters. The first-order chi connectivity index (χ1) is 31.8. The van der Waals surface area contributed by atoms with Crippen molar-refractivity contribution in [3.8, 4) is 0 Å². The van der Waals surface area contributed by atoms with Gasteiger partial charge in [-0.3, -0.25) is 9.98 Å². The van der Waals surface area contributed by atoms with E-state index in [0.717, 1.165) is 41.5 Å². The molecule has 16 N–H and O–H groups in total. The minimum atomic E-state index is -2.20. The van der Waals surface area contributed by atoms with Crippen molar-refractivity contribution in [3.05, 3.63) is 58.6 Å². The number of nitrogens with one attached hydrogen (secondary N) is 2. The third-order valence-corrected chi connectivity index (χ3v) is 10.5. The van der Waals surface area contributed by atoms with Gasteiger partial charge in [0.2, 0.25) is 23.8 Å². The zero-order chi connectivity index (χ0) is 50.5. The predicted molar refractivity (Wildman–Crippen MR) is 277 cm³/mol. The molecule has 2 aromatic carbocycles. The zero-order valence-electron chi connectivity index (χ0n) is 40.8. The van der Waals surface area contributed by atoms with Crippen LogP contribution in [0.4, 0.5) is 11.4 Å². The average molecular weight is 1070 g/mol. The second-order valence-corrected chi connectivity index (χ2v) is 18.1. The second-order valence-electron chi connectivity index (χ2n) is 17.3. The Balaban J connectivity index is 0. The Morgan fingerprint density at radius 3 is 1.25 bits per heavy atom. The summed E-state index contributed by atoms with van der Waals surface area (Å²) in [5.74, 6) is -1.16. The molecular formula is C47H84BrCl2N11O7. The van der Waals surface area contributed by atoms with Crippen LogP contribution in [0, 0.1) is 0 Å². The lowest BCUT2D eigenvalue weighted by Crippen LogP contribution is -3.00. The topological polar surface area (TPSA) is 316 Å². The Kier molecular flexibility index (Phi) is 40.0. The molecule has 0 aliphatic carbocycles. The summed E-state index contributed by atoms with van der Waals surface area (Å²) in [7, 11) is 6.88. The fourth-order valence-corrected chi connectivity index (χ4v) is 6.40. The first-order valence-electron chi connectivity index (χ1n) is 23.5. The molecule has 0 aliphatic heterocycles. The summed E-state index contributed by atoms with van der Waals surface area (Å²) >= 11 is 11.7. The lowest BCUT2D eigenvalue weighted by Gasteiger charge is -2.23. The molecule has 4 atom stereocenters. The Hall–Kier alpha value is -3.79. The molecule has 0 heterocycles. The first-order valence-corrected chi connectivity index (χ1v) is 24.2. The highest BCUT2D eigenvalue weighted by Gasteiger charge is 2.33. The average Bonchev–Trinajstić information content (AvgIpc) is 3.27. The smallest absolute Gasteiger partial charge is 0.335 e.